The normalized spacial score (nSPS) is 11.0. The molecule has 6 nitrogen and oxygen atoms in total. The summed E-state index contributed by atoms with van der Waals surface area (Å²) < 4.78 is 46.2. The standard InChI is InChI=1S/C22H21FN2O4S/c23-20-9-4-5-10-21(20)25-30(27,28)19-14-12-17(13-15-19)24-22(26)11-6-16-29-18-7-2-1-3-8-18/h1-5,7-10,12-15,25H,6,11,16H2,(H,24,26). The van der Waals surface area contributed by atoms with Crippen molar-refractivity contribution < 1.29 is 22.3 Å². The molecule has 0 aromatic heterocycles. The van der Waals surface area contributed by atoms with Crippen LogP contribution in [0.2, 0.25) is 0 Å². The van der Waals surface area contributed by atoms with Gasteiger partial charge >= 0.3 is 0 Å². The van der Waals surface area contributed by atoms with Crippen LogP contribution in [-0.2, 0) is 14.8 Å². The Labute approximate surface area is 174 Å². The average molecular weight is 428 g/mol. The number of sulfonamides is 1. The van der Waals surface area contributed by atoms with Crippen molar-refractivity contribution in [2.24, 2.45) is 0 Å². The van der Waals surface area contributed by atoms with Gasteiger partial charge in [-0.1, -0.05) is 30.3 Å². The molecule has 0 bridgehead atoms. The second-order valence-corrected chi connectivity index (χ2v) is 8.11. The lowest BCUT2D eigenvalue weighted by atomic mass is 10.2. The summed E-state index contributed by atoms with van der Waals surface area (Å²) in [7, 11) is -3.94. The van der Waals surface area contributed by atoms with Crippen LogP contribution in [0, 0.1) is 5.82 Å². The molecule has 0 fully saturated rings. The first kappa shape index (κ1) is 21.3. The zero-order chi connectivity index (χ0) is 21.4. The molecule has 0 spiro atoms. The summed E-state index contributed by atoms with van der Waals surface area (Å²) >= 11 is 0. The van der Waals surface area contributed by atoms with Crippen molar-refractivity contribution >= 4 is 27.3 Å². The SMILES string of the molecule is O=C(CCCOc1ccccc1)Nc1ccc(S(=O)(=O)Nc2ccccc2F)cc1. The molecule has 156 valence electrons. The molecular weight excluding hydrogens is 407 g/mol. The maximum absolute atomic E-state index is 13.7. The molecule has 0 saturated carbocycles. The Morgan fingerprint density at radius 1 is 0.900 bits per heavy atom. The first-order valence-corrected chi connectivity index (χ1v) is 10.8. The minimum atomic E-state index is -3.94. The van der Waals surface area contributed by atoms with Crippen molar-refractivity contribution in [1.29, 1.82) is 0 Å². The van der Waals surface area contributed by atoms with Gasteiger partial charge in [0.05, 0.1) is 17.2 Å². The number of rotatable bonds is 9. The van der Waals surface area contributed by atoms with Crippen LogP contribution < -0.4 is 14.8 Å². The monoisotopic (exact) mass is 428 g/mol. The van der Waals surface area contributed by atoms with E-state index in [9.17, 15) is 17.6 Å². The molecule has 0 aliphatic rings. The fourth-order valence-electron chi connectivity index (χ4n) is 2.63. The number of anilines is 2. The number of halogens is 1. The number of nitrogens with one attached hydrogen (secondary N) is 2. The summed E-state index contributed by atoms with van der Waals surface area (Å²) in [6, 6.07) is 20.5. The Balaban J connectivity index is 1.50. The van der Waals surface area contributed by atoms with Crippen LogP contribution in [0.15, 0.2) is 83.8 Å². The van der Waals surface area contributed by atoms with Crippen LogP contribution in [-0.4, -0.2) is 20.9 Å². The first-order chi connectivity index (χ1) is 14.4. The maximum atomic E-state index is 13.7. The number of hydrogen-bond acceptors (Lipinski definition) is 4. The van der Waals surface area contributed by atoms with Crippen LogP contribution in [0.1, 0.15) is 12.8 Å². The van der Waals surface area contributed by atoms with Gasteiger partial charge < -0.3 is 10.1 Å². The van der Waals surface area contributed by atoms with Crippen molar-refractivity contribution in [2.45, 2.75) is 17.7 Å². The zero-order valence-corrected chi connectivity index (χ0v) is 16.9. The number of amides is 1. The largest absolute Gasteiger partial charge is 0.494 e. The van der Waals surface area contributed by atoms with E-state index in [-0.39, 0.29) is 22.9 Å². The maximum Gasteiger partial charge on any atom is 0.261 e. The van der Waals surface area contributed by atoms with E-state index in [1.54, 1.807) is 0 Å². The van der Waals surface area contributed by atoms with Gasteiger partial charge in [0.25, 0.3) is 10.0 Å². The number of carbonyl (C=O) groups is 1. The smallest absolute Gasteiger partial charge is 0.261 e. The topological polar surface area (TPSA) is 84.5 Å². The van der Waals surface area contributed by atoms with E-state index in [1.807, 2.05) is 30.3 Å². The quantitative estimate of drug-likeness (QED) is 0.494. The molecular formula is C22H21FN2O4S. The molecule has 0 heterocycles. The summed E-state index contributed by atoms with van der Waals surface area (Å²) in [6.07, 6.45) is 0.807. The molecule has 2 N–H and O–H groups in total. The fraction of sp³-hybridized carbons (Fsp3) is 0.136. The Bertz CT molecular complexity index is 1090. The summed E-state index contributed by atoms with van der Waals surface area (Å²) in [4.78, 5) is 12.0. The van der Waals surface area contributed by atoms with Crippen LogP contribution in [0.5, 0.6) is 5.75 Å². The van der Waals surface area contributed by atoms with Crippen LogP contribution in [0.3, 0.4) is 0 Å². The second kappa shape index (κ2) is 9.89. The lowest BCUT2D eigenvalue weighted by Gasteiger charge is -2.10. The predicted molar refractivity (Wildman–Crippen MR) is 113 cm³/mol. The number of carbonyl (C=O) groups excluding carboxylic acids is 1. The highest BCUT2D eigenvalue weighted by Gasteiger charge is 2.16. The van der Waals surface area contributed by atoms with Crippen molar-refractivity contribution in [2.75, 3.05) is 16.6 Å². The highest BCUT2D eigenvalue weighted by Crippen LogP contribution is 2.20. The van der Waals surface area contributed by atoms with Gasteiger partial charge in [0.2, 0.25) is 5.91 Å². The second-order valence-electron chi connectivity index (χ2n) is 6.42. The molecule has 0 unspecified atom stereocenters. The van der Waals surface area contributed by atoms with Crippen LogP contribution in [0.25, 0.3) is 0 Å². The first-order valence-electron chi connectivity index (χ1n) is 9.29. The highest BCUT2D eigenvalue weighted by atomic mass is 32.2. The van der Waals surface area contributed by atoms with Crippen molar-refractivity contribution in [1.82, 2.24) is 0 Å². The molecule has 30 heavy (non-hydrogen) atoms. The van der Waals surface area contributed by atoms with Gasteiger partial charge in [-0.2, -0.15) is 0 Å². The molecule has 8 heteroatoms. The lowest BCUT2D eigenvalue weighted by molar-refractivity contribution is -0.116. The Morgan fingerprint density at radius 2 is 1.57 bits per heavy atom. The Morgan fingerprint density at radius 3 is 2.27 bits per heavy atom. The third kappa shape index (κ3) is 6.05. The zero-order valence-electron chi connectivity index (χ0n) is 16.0. The van der Waals surface area contributed by atoms with Gasteiger partial charge in [0.1, 0.15) is 11.6 Å². The summed E-state index contributed by atoms with van der Waals surface area (Å²) in [5.41, 5.74) is 0.335. The van der Waals surface area contributed by atoms with E-state index in [0.717, 1.165) is 5.75 Å². The van der Waals surface area contributed by atoms with Crippen LogP contribution >= 0.6 is 0 Å². The number of ether oxygens (including phenoxy) is 1. The van der Waals surface area contributed by atoms with Gasteiger partial charge in [-0.05, 0) is 55.0 Å². The molecule has 3 aromatic rings. The molecule has 0 atom stereocenters. The molecule has 1 amide bonds. The van der Waals surface area contributed by atoms with E-state index >= 15 is 0 Å². The number of hydrogen-bond donors (Lipinski definition) is 2. The average Bonchev–Trinajstić information content (AvgIpc) is 2.74. The van der Waals surface area contributed by atoms with Gasteiger partial charge in [-0.15, -0.1) is 0 Å². The predicted octanol–water partition coefficient (Wildman–Crippen LogP) is 4.42. The molecule has 0 aliphatic carbocycles. The van der Waals surface area contributed by atoms with Crippen molar-refractivity contribution in [3.63, 3.8) is 0 Å². The third-order valence-electron chi connectivity index (χ3n) is 4.13. The number of benzene rings is 3. The lowest BCUT2D eigenvalue weighted by Crippen LogP contribution is -2.15. The summed E-state index contributed by atoms with van der Waals surface area (Å²) in [6.45, 7) is 0.413. The van der Waals surface area contributed by atoms with E-state index in [1.165, 1.54) is 48.5 Å². The van der Waals surface area contributed by atoms with Gasteiger partial charge in [-0.25, -0.2) is 12.8 Å². The minimum Gasteiger partial charge on any atom is -0.494 e. The summed E-state index contributed by atoms with van der Waals surface area (Å²) in [5.74, 6) is -0.119. The molecule has 0 aliphatic heterocycles. The number of para-hydroxylation sites is 2. The fourth-order valence-corrected chi connectivity index (χ4v) is 3.70. The van der Waals surface area contributed by atoms with Crippen molar-refractivity contribution in [3.8, 4) is 5.75 Å². The van der Waals surface area contributed by atoms with Gasteiger partial charge in [0.15, 0.2) is 0 Å². The Kier molecular flexibility index (Phi) is 7.03. The van der Waals surface area contributed by atoms with E-state index in [0.29, 0.717) is 18.7 Å². The highest BCUT2D eigenvalue weighted by molar-refractivity contribution is 7.92. The third-order valence-corrected chi connectivity index (χ3v) is 5.51. The minimum absolute atomic E-state index is 0.0417. The molecule has 3 rings (SSSR count). The van der Waals surface area contributed by atoms with Crippen LogP contribution in [0.4, 0.5) is 15.8 Å². The molecule has 0 saturated heterocycles. The van der Waals surface area contributed by atoms with E-state index in [2.05, 4.69) is 10.0 Å². The summed E-state index contributed by atoms with van der Waals surface area (Å²) in [5, 5.41) is 2.71. The van der Waals surface area contributed by atoms with Gasteiger partial charge in [0, 0.05) is 12.1 Å². The van der Waals surface area contributed by atoms with Gasteiger partial charge in [-0.3, -0.25) is 9.52 Å². The van der Waals surface area contributed by atoms with Crippen molar-refractivity contribution in [3.05, 3.63) is 84.7 Å². The molecule has 3 aromatic carbocycles. The Hall–Kier alpha value is -3.39. The van der Waals surface area contributed by atoms with E-state index in [4.69, 9.17) is 4.74 Å². The van der Waals surface area contributed by atoms with E-state index < -0.39 is 15.8 Å². The molecule has 0 radical (unpaired) electrons.